The van der Waals surface area contributed by atoms with Crippen LogP contribution in [-0.2, 0) is 4.79 Å². The summed E-state index contributed by atoms with van der Waals surface area (Å²) in [6.07, 6.45) is 16.8. The van der Waals surface area contributed by atoms with Gasteiger partial charge in [0.2, 0.25) is 5.91 Å². The van der Waals surface area contributed by atoms with Crippen LogP contribution in [0.3, 0.4) is 0 Å². The summed E-state index contributed by atoms with van der Waals surface area (Å²) in [5, 5.41) is 3.73. The number of anilines is 1. The van der Waals surface area contributed by atoms with E-state index in [1.54, 1.807) is 4.90 Å². The number of hydrogen-bond donors (Lipinski definition) is 2. The van der Waals surface area contributed by atoms with E-state index in [0.717, 1.165) is 25.2 Å². The minimum absolute atomic E-state index is 0.231. The summed E-state index contributed by atoms with van der Waals surface area (Å²) in [5.41, 5.74) is 7.07. The second kappa shape index (κ2) is 9.45. The Morgan fingerprint density at radius 2 is 1.77 bits per heavy atom. The second-order valence-corrected chi connectivity index (χ2v) is 10.1. The van der Waals surface area contributed by atoms with Crippen molar-refractivity contribution in [3.05, 3.63) is 42.2 Å². The molecule has 30 heavy (non-hydrogen) atoms. The Morgan fingerprint density at radius 3 is 2.47 bits per heavy atom. The van der Waals surface area contributed by atoms with Gasteiger partial charge in [-0.3, -0.25) is 4.79 Å². The molecule has 0 spiro atoms. The van der Waals surface area contributed by atoms with E-state index in [0.29, 0.717) is 17.8 Å². The van der Waals surface area contributed by atoms with E-state index in [2.05, 4.69) is 41.7 Å². The topological polar surface area (TPSA) is 58.4 Å². The van der Waals surface area contributed by atoms with Crippen molar-refractivity contribution in [2.24, 2.45) is 23.0 Å². The van der Waals surface area contributed by atoms with Crippen molar-refractivity contribution < 1.29 is 4.79 Å². The van der Waals surface area contributed by atoms with E-state index in [-0.39, 0.29) is 11.3 Å². The number of carbonyl (C=O) groups excluding carboxylic acids is 1. The second-order valence-electron chi connectivity index (χ2n) is 10.1. The zero-order valence-corrected chi connectivity index (χ0v) is 18.6. The molecular formula is C26H39N3O. The first-order chi connectivity index (χ1) is 14.6. The van der Waals surface area contributed by atoms with E-state index >= 15 is 0 Å². The quantitative estimate of drug-likeness (QED) is 0.610. The average Bonchev–Trinajstić information content (AvgIpc) is 2.98. The van der Waals surface area contributed by atoms with Gasteiger partial charge in [-0.25, -0.2) is 0 Å². The molecule has 4 rings (SSSR count). The van der Waals surface area contributed by atoms with Crippen molar-refractivity contribution in [2.45, 2.75) is 83.1 Å². The molecule has 3 aliphatic rings. The van der Waals surface area contributed by atoms with Crippen LogP contribution in [0.1, 0.15) is 77.0 Å². The predicted molar refractivity (Wildman–Crippen MR) is 124 cm³/mol. The highest BCUT2D eigenvalue weighted by Gasteiger charge is 2.46. The Morgan fingerprint density at radius 1 is 1.03 bits per heavy atom. The largest absolute Gasteiger partial charge is 0.385 e. The van der Waals surface area contributed by atoms with Crippen molar-refractivity contribution in [2.75, 3.05) is 12.4 Å². The fourth-order valence-electron chi connectivity index (χ4n) is 6.15. The number of nitrogens with one attached hydrogen (secondary N) is 1. The normalized spacial score (nSPS) is 30.4. The summed E-state index contributed by atoms with van der Waals surface area (Å²) < 4.78 is 0. The molecule has 4 heteroatoms. The summed E-state index contributed by atoms with van der Waals surface area (Å²) in [6.45, 7) is 0. The van der Waals surface area contributed by atoms with Gasteiger partial charge in [0.15, 0.2) is 0 Å². The molecule has 0 unspecified atom stereocenters. The fourth-order valence-corrected chi connectivity index (χ4v) is 6.15. The van der Waals surface area contributed by atoms with Gasteiger partial charge in [0, 0.05) is 18.8 Å². The average molecular weight is 410 g/mol. The van der Waals surface area contributed by atoms with Crippen molar-refractivity contribution in [3.63, 3.8) is 0 Å². The first-order valence-electron chi connectivity index (χ1n) is 12.1. The first kappa shape index (κ1) is 21.3. The third kappa shape index (κ3) is 4.84. The van der Waals surface area contributed by atoms with E-state index in [4.69, 9.17) is 5.73 Å². The van der Waals surface area contributed by atoms with Gasteiger partial charge in [-0.05, 0) is 62.1 Å². The van der Waals surface area contributed by atoms with Crippen molar-refractivity contribution >= 4 is 11.6 Å². The first-order valence-corrected chi connectivity index (χ1v) is 12.1. The lowest BCUT2D eigenvalue weighted by atomic mass is 9.69. The van der Waals surface area contributed by atoms with Crippen LogP contribution < -0.4 is 11.1 Å². The van der Waals surface area contributed by atoms with Gasteiger partial charge >= 0.3 is 0 Å². The third-order valence-corrected chi connectivity index (χ3v) is 7.85. The molecule has 1 heterocycles. The molecule has 0 aromatic heterocycles. The predicted octanol–water partition coefficient (Wildman–Crippen LogP) is 5.67. The van der Waals surface area contributed by atoms with Gasteiger partial charge in [0.05, 0.1) is 5.41 Å². The molecule has 1 amide bonds. The highest BCUT2D eigenvalue weighted by molar-refractivity contribution is 5.89. The van der Waals surface area contributed by atoms with Gasteiger partial charge in [0.25, 0.3) is 0 Å². The highest BCUT2D eigenvalue weighted by atomic mass is 16.2. The van der Waals surface area contributed by atoms with Gasteiger partial charge in [0.1, 0.15) is 5.82 Å². The Bertz CT molecular complexity index is 740. The Balaban J connectivity index is 1.42. The molecule has 4 nitrogen and oxygen atoms in total. The molecule has 2 aliphatic carbocycles. The zero-order chi connectivity index (χ0) is 21.0. The molecule has 3 N–H and O–H groups in total. The standard InChI is InChI=1S/C26H39N3O/c1-29-24(27)19-26(25(29)30,16-15-20-9-4-2-5-10-20)18-21-11-8-14-23(17-21)28-22-12-6-3-7-13-22/h3,6-7,12-13,19-21,23,28H,2,4-5,8-11,14-18,27H2,1H3/t21-,23+,26-/m0/s1. The van der Waals surface area contributed by atoms with Crippen LogP contribution in [0.15, 0.2) is 42.2 Å². The molecular weight excluding hydrogens is 370 g/mol. The third-order valence-electron chi connectivity index (χ3n) is 7.85. The molecule has 0 radical (unpaired) electrons. The van der Waals surface area contributed by atoms with Crippen LogP contribution in [0.4, 0.5) is 5.69 Å². The number of benzene rings is 1. The molecule has 1 aliphatic heterocycles. The van der Waals surface area contributed by atoms with Crippen molar-refractivity contribution in [1.29, 1.82) is 0 Å². The van der Waals surface area contributed by atoms with Gasteiger partial charge in [-0.15, -0.1) is 0 Å². The van der Waals surface area contributed by atoms with Crippen molar-refractivity contribution in [3.8, 4) is 0 Å². The molecule has 164 valence electrons. The summed E-state index contributed by atoms with van der Waals surface area (Å²) in [6, 6.07) is 11.0. The van der Waals surface area contributed by atoms with Gasteiger partial charge in [-0.2, -0.15) is 0 Å². The lowest BCUT2D eigenvalue weighted by Gasteiger charge is -2.36. The van der Waals surface area contributed by atoms with Crippen molar-refractivity contribution in [1.82, 2.24) is 4.90 Å². The summed E-state index contributed by atoms with van der Waals surface area (Å²) in [5.74, 6) is 2.25. The number of amides is 1. The van der Waals surface area contributed by atoms with E-state index in [1.165, 1.54) is 63.5 Å². The lowest BCUT2D eigenvalue weighted by molar-refractivity contribution is -0.135. The van der Waals surface area contributed by atoms with E-state index in [1.807, 2.05) is 7.05 Å². The molecule has 1 aromatic carbocycles. The Hall–Kier alpha value is -1.97. The number of nitrogens with two attached hydrogens (primary N) is 1. The van der Waals surface area contributed by atoms with Gasteiger partial charge in [-0.1, -0.05) is 63.1 Å². The number of carbonyl (C=O) groups is 1. The number of nitrogens with zero attached hydrogens (tertiary/aromatic N) is 1. The molecule has 0 saturated heterocycles. The van der Waals surface area contributed by atoms with Crippen LogP contribution >= 0.6 is 0 Å². The number of hydrogen-bond acceptors (Lipinski definition) is 3. The molecule has 0 bridgehead atoms. The van der Waals surface area contributed by atoms with Gasteiger partial charge < -0.3 is 16.0 Å². The summed E-state index contributed by atoms with van der Waals surface area (Å²) >= 11 is 0. The lowest BCUT2D eigenvalue weighted by Crippen LogP contribution is -2.38. The molecule has 2 saturated carbocycles. The zero-order valence-electron chi connectivity index (χ0n) is 18.6. The maximum absolute atomic E-state index is 13.3. The molecule has 2 fully saturated rings. The monoisotopic (exact) mass is 409 g/mol. The maximum atomic E-state index is 13.3. The summed E-state index contributed by atoms with van der Waals surface area (Å²) in [4.78, 5) is 15.0. The Labute approximate surface area is 182 Å². The fraction of sp³-hybridized carbons (Fsp3) is 0.654. The minimum Gasteiger partial charge on any atom is -0.385 e. The SMILES string of the molecule is CN1C(=O)[C@@](CCC2CCCCC2)(C[C@H]2CCC[C@@H](Nc3ccccc3)C2)C=C1N. The van der Waals surface area contributed by atoms with E-state index in [9.17, 15) is 4.79 Å². The number of rotatable bonds is 7. The minimum atomic E-state index is -0.379. The van der Waals surface area contributed by atoms with Crippen LogP contribution in [0.5, 0.6) is 0 Å². The van der Waals surface area contributed by atoms with Crippen LogP contribution in [-0.4, -0.2) is 23.9 Å². The van der Waals surface area contributed by atoms with E-state index < -0.39 is 0 Å². The smallest absolute Gasteiger partial charge is 0.237 e. The Kier molecular flexibility index (Phi) is 6.70. The van der Waals surface area contributed by atoms with Crippen LogP contribution in [0.25, 0.3) is 0 Å². The summed E-state index contributed by atoms with van der Waals surface area (Å²) in [7, 11) is 1.84. The molecule has 3 atom stereocenters. The maximum Gasteiger partial charge on any atom is 0.237 e. The highest BCUT2D eigenvalue weighted by Crippen LogP contribution is 2.45. The molecule has 1 aromatic rings. The number of para-hydroxylation sites is 1. The van der Waals surface area contributed by atoms with Crippen LogP contribution in [0.2, 0.25) is 0 Å². The van der Waals surface area contributed by atoms with Crippen LogP contribution in [0, 0.1) is 17.3 Å².